The molecule has 0 bridgehead atoms. The molecule has 0 aliphatic rings. The molecule has 0 aliphatic heterocycles. The van der Waals surface area contributed by atoms with Crippen molar-refractivity contribution >= 4 is 5.57 Å². The Morgan fingerprint density at radius 3 is 1.50 bits per heavy atom. The van der Waals surface area contributed by atoms with Crippen LogP contribution in [-0.2, 0) is 10.8 Å². The Balaban J connectivity index is 2.04. The summed E-state index contributed by atoms with van der Waals surface area (Å²) in [5, 5.41) is 29.0. The fourth-order valence-corrected chi connectivity index (χ4v) is 3.81. The van der Waals surface area contributed by atoms with E-state index in [1.165, 1.54) is 5.57 Å². The Bertz CT molecular complexity index is 1010. The zero-order valence-electron chi connectivity index (χ0n) is 18.1. The van der Waals surface area contributed by atoms with E-state index in [-0.39, 0.29) is 28.1 Å². The average molecular weight is 403 g/mol. The monoisotopic (exact) mass is 402 g/mol. The molecule has 3 nitrogen and oxygen atoms in total. The fraction of sp³-hybridized carbons (Fsp3) is 0.259. The largest absolute Gasteiger partial charge is 0.508 e. The molecular weight excluding hydrogens is 372 g/mol. The van der Waals surface area contributed by atoms with E-state index < -0.39 is 0 Å². The van der Waals surface area contributed by atoms with Crippen LogP contribution in [0, 0.1) is 0 Å². The van der Waals surface area contributed by atoms with Crippen molar-refractivity contribution in [3.8, 4) is 17.2 Å². The second-order valence-corrected chi connectivity index (χ2v) is 9.09. The maximum atomic E-state index is 9.74. The number of aromatic hydroxyl groups is 3. The van der Waals surface area contributed by atoms with Crippen molar-refractivity contribution in [2.45, 2.75) is 44.9 Å². The van der Waals surface area contributed by atoms with Crippen LogP contribution in [-0.4, -0.2) is 15.3 Å². The van der Waals surface area contributed by atoms with Crippen LogP contribution in [0.3, 0.4) is 0 Å². The quantitative estimate of drug-likeness (QED) is 0.439. The van der Waals surface area contributed by atoms with E-state index in [0.717, 1.165) is 23.1 Å². The van der Waals surface area contributed by atoms with Gasteiger partial charge in [0.05, 0.1) is 0 Å². The molecule has 0 unspecified atom stereocenters. The van der Waals surface area contributed by atoms with E-state index in [1.54, 1.807) is 36.4 Å². The van der Waals surface area contributed by atoms with Gasteiger partial charge in [0.2, 0.25) is 0 Å². The summed E-state index contributed by atoms with van der Waals surface area (Å²) in [6, 6.07) is 22.0. The van der Waals surface area contributed by atoms with Crippen molar-refractivity contribution in [2.24, 2.45) is 0 Å². The average Bonchev–Trinajstić information content (AvgIpc) is 2.68. The Labute approximate surface area is 179 Å². The van der Waals surface area contributed by atoms with E-state index in [1.807, 2.05) is 36.4 Å². The van der Waals surface area contributed by atoms with Gasteiger partial charge in [-0.3, -0.25) is 0 Å². The van der Waals surface area contributed by atoms with Crippen molar-refractivity contribution in [1.29, 1.82) is 0 Å². The van der Waals surface area contributed by atoms with Crippen LogP contribution in [0.15, 0.2) is 78.9 Å². The SMILES string of the molecule is CC(C)(/C=C(/CC(C)(C)c1ccc(O)cc1)c1ccc(O)cc1)c1ccc(O)cc1. The smallest absolute Gasteiger partial charge is 0.115 e. The summed E-state index contributed by atoms with van der Waals surface area (Å²) in [6.45, 7) is 8.71. The number of hydrogen-bond donors (Lipinski definition) is 3. The van der Waals surface area contributed by atoms with Gasteiger partial charge < -0.3 is 15.3 Å². The molecule has 0 fully saturated rings. The number of allylic oxidation sites excluding steroid dienone is 2. The highest BCUT2D eigenvalue weighted by Gasteiger charge is 2.26. The summed E-state index contributed by atoms with van der Waals surface area (Å²) in [7, 11) is 0. The lowest BCUT2D eigenvalue weighted by atomic mass is 9.74. The van der Waals surface area contributed by atoms with Crippen molar-refractivity contribution in [3.05, 3.63) is 95.6 Å². The zero-order chi connectivity index (χ0) is 21.9. The topological polar surface area (TPSA) is 60.7 Å². The summed E-state index contributed by atoms with van der Waals surface area (Å²) in [6.07, 6.45) is 3.05. The summed E-state index contributed by atoms with van der Waals surface area (Å²) < 4.78 is 0. The molecule has 0 heterocycles. The molecule has 3 heteroatoms. The number of hydrogen-bond acceptors (Lipinski definition) is 3. The highest BCUT2D eigenvalue weighted by Crippen LogP contribution is 2.38. The lowest BCUT2D eigenvalue weighted by Gasteiger charge is -2.30. The molecule has 0 spiro atoms. The van der Waals surface area contributed by atoms with Gasteiger partial charge in [-0.1, -0.05) is 70.2 Å². The van der Waals surface area contributed by atoms with Crippen molar-refractivity contribution in [1.82, 2.24) is 0 Å². The van der Waals surface area contributed by atoms with Crippen LogP contribution in [0.4, 0.5) is 0 Å². The molecule has 0 saturated heterocycles. The molecule has 156 valence electrons. The standard InChI is InChI=1S/C27H30O3/c1-26(2,21-7-13-24(29)14-8-21)17-20(19-5-11-23(28)12-6-19)18-27(3,4)22-9-15-25(30)16-10-22/h5-17,28-30H,18H2,1-4H3/b20-17-. The first-order valence-electron chi connectivity index (χ1n) is 10.2. The third-order valence-electron chi connectivity index (χ3n) is 5.67. The third-order valence-corrected chi connectivity index (χ3v) is 5.67. The van der Waals surface area contributed by atoms with E-state index in [4.69, 9.17) is 0 Å². The fourth-order valence-electron chi connectivity index (χ4n) is 3.81. The number of rotatable bonds is 6. The van der Waals surface area contributed by atoms with E-state index in [0.29, 0.717) is 0 Å². The summed E-state index contributed by atoms with van der Waals surface area (Å²) in [5.74, 6) is 0.761. The third kappa shape index (κ3) is 5.04. The van der Waals surface area contributed by atoms with Crippen LogP contribution in [0.2, 0.25) is 0 Å². The highest BCUT2D eigenvalue weighted by molar-refractivity contribution is 5.69. The van der Waals surface area contributed by atoms with Gasteiger partial charge in [0.25, 0.3) is 0 Å². The van der Waals surface area contributed by atoms with E-state index in [2.05, 4.69) is 33.8 Å². The van der Waals surface area contributed by atoms with Gasteiger partial charge in [-0.25, -0.2) is 0 Å². The molecule has 3 N–H and O–H groups in total. The van der Waals surface area contributed by atoms with Gasteiger partial charge in [0, 0.05) is 5.41 Å². The molecule has 0 radical (unpaired) electrons. The molecule has 0 aromatic heterocycles. The minimum atomic E-state index is -0.258. The molecule has 0 saturated carbocycles. The van der Waals surface area contributed by atoms with E-state index in [9.17, 15) is 15.3 Å². The summed E-state index contributed by atoms with van der Waals surface area (Å²) >= 11 is 0. The first-order valence-corrected chi connectivity index (χ1v) is 10.2. The van der Waals surface area contributed by atoms with Crippen LogP contribution < -0.4 is 0 Å². The highest BCUT2D eigenvalue weighted by atomic mass is 16.3. The van der Waals surface area contributed by atoms with Gasteiger partial charge in [0.1, 0.15) is 17.2 Å². The Morgan fingerprint density at radius 1 is 0.633 bits per heavy atom. The Hall–Kier alpha value is -3.20. The van der Waals surface area contributed by atoms with Crippen molar-refractivity contribution in [2.75, 3.05) is 0 Å². The van der Waals surface area contributed by atoms with Crippen LogP contribution in [0.25, 0.3) is 5.57 Å². The molecular formula is C27H30O3. The minimum absolute atomic E-state index is 0.164. The van der Waals surface area contributed by atoms with Gasteiger partial charge >= 0.3 is 0 Å². The summed E-state index contributed by atoms with van der Waals surface area (Å²) in [4.78, 5) is 0. The predicted octanol–water partition coefficient (Wildman–Crippen LogP) is 6.53. The Kier molecular flexibility index (Phi) is 5.93. The second-order valence-electron chi connectivity index (χ2n) is 9.09. The molecule has 0 atom stereocenters. The van der Waals surface area contributed by atoms with Gasteiger partial charge in [0.15, 0.2) is 0 Å². The maximum Gasteiger partial charge on any atom is 0.115 e. The van der Waals surface area contributed by atoms with Crippen LogP contribution in [0.5, 0.6) is 17.2 Å². The predicted molar refractivity (Wildman–Crippen MR) is 123 cm³/mol. The minimum Gasteiger partial charge on any atom is -0.508 e. The number of phenols is 3. The second kappa shape index (κ2) is 8.27. The number of phenolic OH excluding ortho intramolecular Hbond substituents is 3. The lowest BCUT2D eigenvalue weighted by Crippen LogP contribution is -2.20. The molecule has 30 heavy (non-hydrogen) atoms. The zero-order valence-corrected chi connectivity index (χ0v) is 18.1. The van der Waals surface area contributed by atoms with Crippen LogP contribution >= 0.6 is 0 Å². The number of benzene rings is 3. The first kappa shape index (κ1) is 21.5. The van der Waals surface area contributed by atoms with Crippen molar-refractivity contribution in [3.63, 3.8) is 0 Å². The molecule has 3 aromatic carbocycles. The maximum absolute atomic E-state index is 9.74. The summed E-state index contributed by atoms with van der Waals surface area (Å²) in [5.41, 5.74) is 4.07. The normalized spacial score (nSPS) is 12.7. The van der Waals surface area contributed by atoms with Crippen molar-refractivity contribution < 1.29 is 15.3 Å². The van der Waals surface area contributed by atoms with Gasteiger partial charge in [-0.05, 0) is 70.5 Å². The first-order chi connectivity index (χ1) is 14.1. The Morgan fingerprint density at radius 2 is 1.03 bits per heavy atom. The van der Waals surface area contributed by atoms with Gasteiger partial charge in [-0.15, -0.1) is 0 Å². The molecule has 3 aromatic rings. The lowest BCUT2D eigenvalue weighted by molar-refractivity contribution is 0.473. The van der Waals surface area contributed by atoms with E-state index >= 15 is 0 Å². The van der Waals surface area contributed by atoms with Crippen LogP contribution in [0.1, 0.15) is 50.8 Å². The molecule has 0 aliphatic carbocycles. The van der Waals surface area contributed by atoms with Gasteiger partial charge in [-0.2, -0.15) is 0 Å². The molecule has 0 amide bonds. The molecule has 3 rings (SSSR count).